The van der Waals surface area contributed by atoms with Gasteiger partial charge in [-0.15, -0.1) is 0 Å². The largest absolute Gasteiger partial charge is 0.339 e. The number of anilines is 1. The highest BCUT2D eigenvalue weighted by atomic mass is 16.2. The lowest BCUT2D eigenvalue weighted by molar-refractivity contribution is -0.119. The van der Waals surface area contributed by atoms with Gasteiger partial charge in [0.1, 0.15) is 0 Å². The predicted molar refractivity (Wildman–Crippen MR) is 94.7 cm³/mol. The Hall–Kier alpha value is -1.88. The summed E-state index contributed by atoms with van der Waals surface area (Å²) in [5.41, 5.74) is 7.11. The van der Waals surface area contributed by atoms with Crippen LogP contribution in [0, 0.1) is 11.8 Å². The molecule has 1 aromatic rings. The fourth-order valence-electron chi connectivity index (χ4n) is 3.65. The molecule has 1 heterocycles. The molecule has 3 N–H and O–H groups in total. The van der Waals surface area contributed by atoms with Crippen LogP contribution in [0.1, 0.15) is 49.4 Å². The van der Waals surface area contributed by atoms with Gasteiger partial charge in [0.2, 0.25) is 5.91 Å². The van der Waals surface area contributed by atoms with Crippen LogP contribution in [0.3, 0.4) is 0 Å². The van der Waals surface area contributed by atoms with E-state index in [1.807, 2.05) is 23.1 Å². The summed E-state index contributed by atoms with van der Waals surface area (Å²) < 4.78 is 0. The quantitative estimate of drug-likeness (QED) is 0.895. The number of nitrogens with zero attached hydrogens (tertiary/aromatic N) is 1. The number of para-hydroxylation sites is 1. The summed E-state index contributed by atoms with van der Waals surface area (Å²) in [7, 11) is 0. The summed E-state index contributed by atoms with van der Waals surface area (Å²) in [4.78, 5) is 27.2. The average molecular weight is 329 g/mol. The SMILES string of the molecule is CC1CCN(C(=O)c2ccccc2NC(=O)C2CCC(N)C2)CC1. The van der Waals surface area contributed by atoms with Gasteiger partial charge >= 0.3 is 0 Å². The van der Waals surface area contributed by atoms with Crippen molar-refractivity contribution in [3.05, 3.63) is 29.8 Å². The van der Waals surface area contributed by atoms with Gasteiger partial charge in [0.25, 0.3) is 5.91 Å². The van der Waals surface area contributed by atoms with Crippen LogP contribution in [0.25, 0.3) is 0 Å². The Bertz CT molecular complexity index is 608. The third kappa shape index (κ3) is 3.78. The van der Waals surface area contributed by atoms with Crippen molar-refractivity contribution in [2.75, 3.05) is 18.4 Å². The van der Waals surface area contributed by atoms with Crippen molar-refractivity contribution in [3.8, 4) is 0 Å². The van der Waals surface area contributed by atoms with E-state index in [4.69, 9.17) is 5.73 Å². The van der Waals surface area contributed by atoms with Gasteiger partial charge in [-0.2, -0.15) is 0 Å². The predicted octanol–water partition coefficient (Wildman–Crippen LogP) is 2.62. The molecule has 130 valence electrons. The number of amides is 2. The first-order chi connectivity index (χ1) is 11.5. The maximum Gasteiger partial charge on any atom is 0.255 e. The Balaban J connectivity index is 1.70. The average Bonchev–Trinajstić information content (AvgIpc) is 3.02. The molecule has 1 aliphatic carbocycles. The van der Waals surface area contributed by atoms with Gasteiger partial charge in [0, 0.05) is 25.0 Å². The molecule has 2 aliphatic rings. The van der Waals surface area contributed by atoms with Gasteiger partial charge in [-0.25, -0.2) is 0 Å². The molecule has 24 heavy (non-hydrogen) atoms. The molecule has 0 radical (unpaired) electrons. The minimum atomic E-state index is -0.0426. The van der Waals surface area contributed by atoms with Crippen molar-refractivity contribution in [3.63, 3.8) is 0 Å². The molecule has 5 nitrogen and oxygen atoms in total. The van der Waals surface area contributed by atoms with Crippen LogP contribution in [0.15, 0.2) is 24.3 Å². The van der Waals surface area contributed by atoms with Crippen LogP contribution in [-0.2, 0) is 4.79 Å². The first-order valence-electron chi connectivity index (χ1n) is 8.99. The monoisotopic (exact) mass is 329 g/mol. The fraction of sp³-hybridized carbons (Fsp3) is 0.579. The summed E-state index contributed by atoms with van der Waals surface area (Å²) in [5.74, 6) is 0.631. The Kier molecular flexibility index (Phi) is 5.19. The number of hydrogen-bond acceptors (Lipinski definition) is 3. The highest BCUT2D eigenvalue weighted by Crippen LogP contribution is 2.27. The van der Waals surface area contributed by atoms with E-state index in [2.05, 4.69) is 12.2 Å². The molecule has 0 aromatic heterocycles. The molecular weight excluding hydrogens is 302 g/mol. The summed E-state index contributed by atoms with van der Waals surface area (Å²) in [6.07, 6.45) is 4.53. The van der Waals surface area contributed by atoms with Crippen LogP contribution < -0.4 is 11.1 Å². The Labute approximate surface area is 143 Å². The number of carbonyl (C=O) groups excluding carboxylic acids is 2. The molecule has 3 rings (SSSR count). The zero-order valence-corrected chi connectivity index (χ0v) is 14.3. The molecule has 1 aromatic carbocycles. The number of hydrogen-bond donors (Lipinski definition) is 2. The van der Waals surface area contributed by atoms with Crippen LogP contribution in [0.5, 0.6) is 0 Å². The third-order valence-corrected chi connectivity index (χ3v) is 5.33. The first-order valence-corrected chi connectivity index (χ1v) is 8.99. The van der Waals surface area contributed by atoms with E-state index in [0.717, 1.165) is 45.2 Å². The molecule has 5 heteroatoms. The second-order valence-corrected chi connectivity index (χ2v) is 7.28. The highest BCUT2D eigenvalue weighted by Gasteiger charge is 2.29. The summed E-state index contributed by atoms with van der Waals surface area (Å²) in [6, 6.07) is 7.43. The summed E-state index contributed by atoms with van der Waals surface area (Å²) in [5, 5.41) is 2.96. The minimum absolute atomic E-state index is 0.0147. The highest BCUT2D eigenvalue weighted by molar-refractivity contribution is 6.04. The summed E-state index contributed by atoms with van der Waals surface area (Å²) >= 11 is 0. The number of nitrogens with two attached hydrogens (primary N) is 1. The lowest BCUT2D eigenvalue weighted by atomic mass is 9.98. The van der Waals surface area contributed by atoms with Crippen molar-refractivity contribution >= 4 is 17.5 Å². The summed E-state index contributed by atoms with van der Waals surface area (Å²) in [6.45, 7) is 3.81. The fourth-order valence-corrected chi connectivity index (χ4v) is 3.65. The van der Waals surface area contributed by atoms with Crippen molar-refractivity contribution in [1.29, 1.82) is 0 Å². The molecular formula is C19H27N3O2. The van der Waals surface area contributed by atoms with Gasteiger partial charge in [-0.05, 0) is 50.2 Å². The molecule has 1 saturated carbocycles. The van der Waals surface area contributed by atoms with Crippen LogP contribution >= 0.6 is 0 Å². The molecule has 0 bridgehead atoms. The van der Waals surface area contributed by atoms with E-state index in [-0.39, 0.29) is 23.8 Å². The number of likely N-dealkylation sites (tertiary alicyclic amines) is 1. The van der Waals surface area contributed by atoms with E-state index in [1.54, 1.807) is 6.07 Å². The van der Waals surface area contributed by atoms with E-state index >= 15 is 0 Å². The Morgan fingerprint density at radius 1 is 1.12 bits per heavy atom. The first kappa shape index (κ1) is 17.0. The normalized spacial score (nSPS) is 24.8. The van der Waals surface area contributed by atoms with Crippen molar-refractivity contribution in [1.82, 2.24) is 4.90 Å². The van der Waals surface area contributed by atoms with Gasteiger partial charge in [-0.1, -0.05) is 19.1 Å². The second kappa shape index (κ2) is 7.34. The second-order valence-electron chi connectivity index (χ2n) is 7.28. The molecule has 2 unspecified atom stereocenters. The van der Waals surface area contributed by atoms with Gasteiger partial charge < -0.3 is 16.0 Å². The van der Waals surface area contributed by atoms with Crippen LogP contribution in [0.4, 0.5) is 5.69 Å². The van der Waals surface area contributed by atoms with Crippen LogP contribution in [-0.4, -0.2) is 35.8 Å². The zero-order valence-electron chi connectivity index (χ0n) is 14.3. The van der Waals surface area contributed by atoms with E-state index in [9.17, 15) is 9.59 Å². The molecule has 2 atom stereocenters. The lowest BCUT2D eigenvalue weighted by Gasteiger charge is -2.31. The maximum atomic E-state index is 12.8. The van der Waals surface area contributed by atoms with Gasteiger partial charge in [0.05, 0.1) is 11.3 Å². The molecule has 0 spiro atoms. The number of benzene rings is 1. The molecule has 1 saturated heterocycles. The lowest BCUT2D eigenvalue weighted by Crippen LogP contribution is -2.38. The van der Waals surface area contributed by atoms with Crippen molar-refractivity contribution < 1.29 is 9.59 Å². The number of nitrogens with one attached hydrogen (secondary N) is 1. The number of carbonyl (C=O) groups is 2. The number of piperidine rings is 1. The van der Waals surface area contributed by atoms with E-state index in [0.29, 0.717) is 17.2 Å². The zero-order chi connectivity index (χ0) is 17.1. The maximum absolute atomic E-state index is 12.8. The van der Waals surface area contributed by atoms with Gasteiger partial charge in [-0.3, -0.25) is 9.59 Å². The Morgan fingerprint density at radius 3 is 2.50 bits per heavy atom. The van der Waals surface area contributed by atoms with E-state index < -0.39 is 0 Å². The number of rotatable bonds is 3. The Morgan fingerprint density at radius 2 is 1.83 bits per heavy atom. The third-order valence-electron chi connectivity index (χ3n) is 5.33. The van der Waals surface area contributed by atoms with Crippen molar-refractivity contribution in [2.24, 2.45) is 17.6 Å². The van der Waals surface area contributed by atoms with Gasteiger partial charge in [0.15, 0.2) is 0 Å². The molecule has 1 aliphatic heterocycles. The molecule has 2 amide bonds. The standard InChI is InChI=1S/C19H27N3O2/c1-13-8-10-22(11-9-13)19(24)16-4-2-3-5-17(16)21-18(23)14-6-7-15(20)12-14/h2-5,13-15H,6-12,20H2,1H3,(H,21,23). The minimum Gasteiger partial charge on any atom is -0.339 e. The van der Waals surface area contributed by atoms with Crippen LogP contribution in [0.2, 0.25) is 0 Å². The molecule has 2 fully saturated rings. The van der Waals surface area contributed by atoms with Crippen molar-refractivity contribution in [2.45, 2.75) is 45.1 Å². The van der Waals surface area contributed by atoms with E-state index in [1.165, 1.54) is 0 Å². The topological polar surface area (TPSA) is 75.4 Å². The smallest absolute Gasteiger partial charge is 0.255 e.